The lowest BCUT2D eigenvalue weighted by Crippen LogP contribution is -2.49. The summed E-state index contributed by atoms with van der Waals surface area (Å²) < 4.78 is 10.6. The number of amides is 2. The molecule has 1 spiro atoms. The van der Waals surface area contributed by atoms with Crippen LogP contribution in [0, 0.1) is 11.3 Å². The van der Waals surface area contributed by atoms with Gasteiger partial charge in [0.15, 0.2) is 11.5 Å². The van der Waals surface area contributed by atoms with Crippen LogP contribution in [0.25, 0.3) is 0 Å². The molecule has 186 valence electrons. The Morgan fingerprint density at radius 3 is 2.20 bits per heavy atom. The fraction of sp³-hybridized carbons (Fsp3) is 0.500. The third-order valence-corrected chi connectivity index (χ3v) is 8.10. The molecule has 2 aliphatic heterocycles. The van der Waals surface area contributed by atoms with Crippen LogP contribution in [-0.2, 0) is 11.3 Å². The van der Waals surface area contributed by atoms with Crippen molar-refractivity contribution in [2.24, 2.45) is 11.3 Å². The van der Waals surface area contributed by atoms with E-state index in [0.717, 1.165) is 52.0 Å². The summed E-state index contributed by atoms with van der Waals surface area (Å²) >= 11 is 0. The van der Waals surface area contributed by atoms with E-state index < -0.39 is 0 Å². The van der Waals surface area contributed by atoms with Gasteiger partial charge in [-0.15, -0.1) is 0 Å². The largest absolute Gasteiger partial charge is 0.493 e. The number of carbonyl (C=O) groups is 2. The van der Waals surface area contributed by atoms with Gasteiger partial charge in [0.1, 0.15) is 0 Å². The zero-order chi connectivity index (χ0) is 24.4. The normalized spacial score (nSPS) is 21.6. The van der Waals surface area contributed by atoms with Crippen molar-refractivity contribution in [3.05, 3.63) is 59.7 Å². The van der Waals surface area contributed by atoms with Crippen LogP contribution in [0.15, 0.2) is 48.5 Å². The summed E-state index contributed by atoms with van der Waals surface area (Å²) in [5.74, 6) is 1.63. The molecule has 1 unspecified atom stereocenters. The fourth-order valence-electron chi connectivity index (χ4n) is 5.74. The van der Waals surface area contributed by atoms with Crippen molar-refractivity contribution in [3.63, 3.8) is 0 Å². The average molecular weight is 478 g/mol. The molecule has 3 aliphatic rings. The summed E-state index contributed by atoms with van der Waals surface area (Å²) in [6.45, 7) is 5.80. The van der Waals surface area contributed by atoms with Crippen LogP contribution in [0.2, 0.25) is 0 Å². The number of hydrogen-bond donors (Lipinski definition) is 0. The highest BCUT2D eigenvalue weighted by atomic mass is 16.5. The van der Waals surface area contributed by atoms with Gasteiger partial charge >= 0.3 is 0 Å². The molecule has 1 saturated carbocycles. The maximum atomic E-state index is 13.3. The summed E-state index contributed by atoms with van der Waals surface area (Å²) in [6, 6.07) is 15.8. The number of methoxy groups -OCH3 is 2. The topological polar surface area (TPSA) is 62.3 Å². The number of piperidine rings is 1. The van der Waals surface area contributed by atoms with Crippen LogP contribution in [0.1, 0.15) is 35.2 Å². The minimum atomic E-state index is 0.0128. The van der Waals surface area contributed by atoms with Crippen LogP contribution < -0.4 is 9.47 Å². The first-order valence-electron chi connectivity index (χ1n) is 12.6. The van der Waals surface area contributed by atoms with Crippen molar-refractivity contribution < 1.29 is 19.1 Å². The van der Waals surface area contributed by atoms with Gasteiger partial charge in [-0.1, -0.05) is 30.3 Å². The molecule has 2 aromatic carbocycles. The molecule has 3 fully saturated rings. The van der Waals surface area contributed by atoms with Crippen molar-refractivity contribution in [2.45, 2.75) is 25.8 Å². The maximum absolute atomic E-state index is 13.3. The van der Waals surface area contributed by atoms with Crippen LogP contribution in [-0.4, -0.2) is 80.0 Å². The molecule has 35 heavy (non-hydrogen) atoms. The van der Waals surface area contributed by atoms with Crippen molar-refractivity contribution in [1.82, 2.24) is 14.7 Å². The van der Waals surface area contributed by atoms with Crippen LogP contribution >= 0.6 is 0 Å². The molecule has 2 aromatic rings. The number of benzene rings is 2. The molecule has 0 N–H and O–H groups in total. The molecule has 0 radical (unpaired) electrons. The van der Waals surface area contributed by atoms with E-state index in [9.17, 15) is 9.59 Å². The number of piperazine rings is 1. The molecule has 5 rings (SSSR count). The van der Waals surface area contributed by atoms with Gasteiger partial charge in [-0.3, -0.25) is 14.5 Å². The SMILES string of the molecule is COc1ccc(C(=O)N2CCC3(CC2)CC3C(=O)N2CCN(Cc3ccccc3)CC2)cc1OC. The maximum Gasteiger partial charge on any atom is 0.253 e. The Labute approximate surface area is 207 Å². The summed E-state index contributed by atoms with van der Waals surface area (Å²) in [7, 11) is 3.16. The Kier molecular flexibility index (Phi) is 6.69. The lowest BCUT2D eigenvalue weighted by molar-refractivity contribution is -0.135. The van der Waals surface area contributed by atoms with E-state index in [1.165, 1.54) is 5.56 Å². The number of nitrogens with zero attached hydrogens (tertiary/aromatic N) is 3. The van der Waals surface area contributed by atoms with E-state index >= 15 is 0 Å². The van der Waals surface area contributed by atoms with Gasteiger partial charge < -0.3 is 19.3 Å². The van der Waals surface area contributed by atoms with E-state index in [2.05, 4.69) is 34.1 Å². The number of hydrogen-bond acceptors (Lipinski definition) is 5. The Balaban J connectivity index is 1.11. The highest BCUT2D eigenvalue weighted by Crippen LogP contribution is 2.60. The molecule has 1 aliphatic carbocycles. The average Bonchev–Trinajstić information content (AvgIpc) is 3.61. The smallest absolute Gasteiger partial charge is 0.253 e. The quantitative estimate of drug-likeness (QED) is 0.639. The Morgan fingerprint density at radius 2 is 1.54 bits per heavy atom. The zero-order valence-corrected chi connectivity index (χ0v) is 20.7. The lowest BCUT2D eigenvalue weighted by atomic mass is 9.90. The third kappa shape index (κ3) is 4.87. The molecule has 7 nitrogen and oxygen atoms in total. The van der Waals surface area contributed by atoms with E-state index in [-0.39, 0.29) is 17.2 Å². The third-order valence-electron chi connectivity index (χ3n) is 8.10. The molecule has 0 bridgehead atoms. The second-order valence-electron chi connectivity index (χ2n) is 10.1. The Hall–Kier alpha value is -3.06. The zero-order valence-electron chi connectivity index (χ0n) is 20.7. The lowest BCUT2D eigenvalue weighted by Gasteiger charge is -2.36. The summed E-state index contributed by atoms with van der Waals surface area (Å²) in [5.41, 5.74) is 2.02. The van der Waals surface area contributed by atoms with E-state index in [1.54, 1.807) is 32.4 Å². The van der Waals surface area contributed by atoms with E-state index in [1.807, 2.05) is 11.0 Å². The number of likely N-dealkylation sites (tertiary alicyclic amines) is 1. The van der Waals surface area contributed by atoms with Gasteiger partial charge in [0.2, 0.25) is 5.91 Å². The first kappa shape index (κ1) is 23.7. The van der Waals surface area contributed by atoms with Crippen LogP contribution in [0.4, 0.5) is 0 Å². The number of rotatable bonds is 6. The van der Waals surface area contributed by atoms with Crippen LogP contribution in [0.5, 0.6) is 11.5 Å². The molecule has 2 heterocycles. The molecule has 0 aromatic heterocycles. The van der Waals surface area contributed by atoms with E-state index in [4.69, 9.17) is 9.47 Å². The van der Waals surface area contributed by atoms with Crippen molar-refractivity contribution in [1.29, 1.82) is 0 Å². The first-order chi connectivity index (χ1) is 17.0. The van der Waals surface area contributed by atoms with Gasteiger partial charge in [-0.05, 0) is 48.4 Å². The number of carbonyl (C=O) groups excluding carboxylic acids is 2. The second kappa shape index (κ2) is 9.90. The number of ether oxygens (including phenoxy) is 2. The Morgan fingerprint density at radius 1 is 0.857 bits per heavy atom. The standard InChI is InChI=1S/C28H35N3O4/c1-34-24-9-8-22(18-25(24)35-2)26(32)30-12-10-28(11-13-30)19-23(28)27(33)31-16-14-29(15-17-31)20-21-6-4-3-5-7-21/h3-9,18,23H,10-17,19-20H2,1-2H3. The monoisotopic (exact) mass is 477 g/mol. The van der Waals surface area contributed by atoms with E-state index in [0.29, 0.717) is 36.1 Å². The minimum Gasteiger partial charge on any atom is -0.493 e. The van der Waals surface area contributed by atoms with Gasteiger partial charge in [0, 0.05) is 57.3 Å². The fourth-order valence-corrected chi connectivity index (χ4v) is 5.74. The van der Waals surface area contributed by atoms with Gasteiger partial charge in [0.25, 0.3) is 5.91 Å². The summed E-state index contributed by atoms with van der Waals surface area (Å²) in [5, 5.41) is 0. The van der Waals surface area contributed by atoms with Crippen LogP contribution in [0.3, 0.4) is 0 Å². The molecule has 1 atom stereocenters. The summed E-state index contributed by atoms with van der Waals surface area (Å²) in [6.07, 6.45) is 2.77. The highest BCUT2D eigenvalue weighted by molar-refractivity contribution is 5.95. The predicted molar refractivity (Wildman–Crippen MR) is 134 cm³/mol. The Bertz CT molecular complexity index is 1060. The molecule has 2 saturated heterocycles. The predicted octanol–water partition coefficient (Wildman–Crippen LogP) is 3.29. The molecule has 7 heteroatoms. The van der Waals surface area contributed by atoms with Crippen molar-refractivity contribution in [2.75, 3.05) is 53.5 Å². The molecular formula is C28H35N3O4. The van der Waals surface area contributed by atoms with Crippen molar-refractivity contribution in [3.8, 4) is 11.5 Å². The van der Waals surface area contributed by atoms with Gasteiger partial charge in [-0.25, -0.2) is 0 Å². The second-order valence-corrected chi connectivity index (χ2v) is 10.1. The van der Waals surface area contributed by atoms with Gasteiger partial charge in [-0.2, -0.15) is 0 Å². The summed E-state index contributed by atoms with van der Waals surface area (Å²) in [4.78, 5) is 32.8. The first-order valence-corrected chi connectivity index (χ1v) is 12.6. The molecule has 2 amide bonds. The minimum absolute atomic E-state index is 0.0128. The molecular weight excluding hydrogens is 442 g/mol. The van der Waals surface area contributed by atoms with Gasteiger partial charge in [0.05, 0.1) is 14.2 Å². The van der Waals surface area contributed by atoms with Crippen molar-refractivity contribution >= 4 is 11.8 Å². The highest BCUT2D eigenvalue weighted by Gasteiger charge is 2.59.